The summed E-state index contributed by atoms with van der Waals surface area (Å²) in [5.41, 5.74) is -0.595. The first-order valence-electron chi connectivity index (χ1n) is 9.90. The number of esters is 1. The second-order valence-corrected chi connectivity index (χ2v) is 8.79. The summed E-state index contributed by atoms with van der Waals surface area (Å²) in [6.45, 7) is 5.54. The largest absolute Gasteiger partial charge is 0.469 e. The number of fused-ring (bicyclic) bond motifs is 3. The van der Waals surface area contributed by atoms with Crippen molar-refractivity contribution in [2.24, 2.45) is 10.8 Å². The van der Waals surface area contributed by atoms with E-state index in [-0.39, 0.29) is 5.78 Å². The molecule has 6 nitrogen and oxygen atoms in total. The van der Waals surface area contributed by atoms with Gasteiger partial charge in [0, 0.05) is 11.1 Å². The fraction of sp³-hybridized carbons (Fsp3) is 0.375. The lowest BCUT2D eigenvalue weighted by Crippen LogP contribution is -2.48. The van der Waals surface area contributed by atoms with Crippen molar-refractivity contribution in [2.75, 3.05) is 12.0 Å². The van der Waals surface area contributed by atoms with E-state index in [2.05, 4.69) is 6.07 Å². The minimum absolute atomic E-state index is 0.0694. The molecule has 1 unspecified atom stereocenters. The van der Waals surface area contributed by atoms with Gasteiger partial charge in [0.2, 0.25) is 0 Å². The Morgan fingerprint density at radius 3 is 2.53 bits per heavy atom. The number of rotatable bonds is 3. The van der Waals surface area contributed by atoms with E-state index in [1.807, 2.05) is 62.1 Å². The number of anilines is 1. The number of Topliss-reactive ketones (excluding diaryl/α,β-unsaturated/α-hetero) is 1. The molecule has 1 saturated heterocycles. The molecule has 1 aromatic heterocycles. The molecule has 30 heavy (non-hydrogen) atoms. The van der Waals surface area contributed by atoms with Crippen LogP contribution >= 0.6 is 0 Å². The summed E-state index contributed by atoms with van der Waals surface area (Å²) in [4.78, 5) is 28.9. The molecular formula is C24H24N2O4. The molecule has 2 aliphatic heterocycles. The second kappa shape index (κ2) is 6.88. The highest BCUT2D eigenvalue weighted by Gasteiger charge is 2.68. The fourth-order valence-electron chi connectivity index (χ4n) is 4.76. The molecule has 1 aromatic carbocycles. The maximum Gasteiger partial charge on any atom is 0.329 e. The Kier molecular flexibility index (Phi) is 4.58. The minimum Gasteiger partial charge on any atom is -0.469 e. The quantitative estimate of drug-likeness (QED) is 0.721. The van der Waals surface area contributed by atoms with Crippen LogP contribution in [-0.2, 0) is 14.3 Å². The lowest BCUT2D eigenvalue weighted by molar-refractivity contribution is -0.150. The van der Waals surface area contributed by atoms with Crippen LogP contribution in [0.25, 0.3) is 6.08 Å². The second-order valence-electron chi connectivity index (χ2n) is 8.79. The van der Waals surface area contributed by atoms with Crippen LogP contribution < -0.4 is 4.90 Å². The molecule has 3 heterocycles. The number of methoxy groups -OCH3 is 1. The van der Waals surface area contributed by atoms with E-state index in [1.165, 1.54) is 13.4 Å². The fourth-order valence-corrected chi connectivity index (χ4v) is 4.76. The number of ether oxygens (including phenoxy) is 1. The summed E-state index contributed by atoms with van der Waals surface area (Å²) >= 11 is 0. The number of para-hydroxylation sites is 1. The van der Waals surface area contributed by atoms with Gasteiger partial charge in [-0.05, 0) is 23.8 Å². The van der Waals surface area contributed by atoms with Crippen LogP contribution in [0.2, 0.25) is 0 Å². The lowest BCUT2D eigenvalue weighted by atomic mass is 9.68. The van der Waals surface area contributed by atoms with Gasteiger partial charge in [-0.25, -0.2) is 0 Å². The molecule has 154 valence electrons. The minimum atomic E-state index is -1.64. The van der Waals surface area contributed by atoms with E-state index in [1.54, 1.807) is 12.1 Å². The summed E-state index contributed by atoms with van der Waals surface area (Å²) in [6.07, 6.45) is 5.22. The zero-order valence-electron chi connectivity index (χ0n) is 17.5. The van der Waals surface area contributed by atoms with Crippen molar-refractivity contribution in [3.63, 3.8) is 0 Å². The average Bonchev–Trinajstić information content (AvgIpc) is 3.36. The molecule has 0 radical (unpaired) electrons. The van der Waals surface area contributed by atoms with Gasteiger partial charge in [-0.2, -0.15) is 5.26 Å². The van der Waals surface area contributed by atoms with Gasteiger partial charge in [-0.1, -0.05) is 51.1 Å². The highest BCUT2D eigenvalue weighted by atomic mass is 16.5. The molecule has 2 aromatic rings. The van der Waals surface area contributed by atoms with Gasteiger partial charge in [0.1, 0.15) is 11.8 Å². The predicted molar refractivity (Wildman–Crippen MR) is 112 cm³/mol. The molecule has 0 amide bonds. The van der Waals surface area contributed by atoms with Crippen molar-refractivity contribution in [3.8, 4) is 6.07 Å². The van der Waals surface area contributed by atoms with Gasteiger partial charge >= 0.3 is 5.97 Å². The maximum atomic E-state index is 13.8. The SMILES string of the molecule is COC(=O)[C@]1(C#N)C2C=Cc3ccccc3N2[C@H](C(=O)C(C)(C)C)[C@H]1c1ccco1. The highest BCUT2D eigenvalue weighted by molar-refractivity contribution is 5.99. The van der Waals surface area contributed by atoms with E-state index in [4.69, 9.17) is 9.15 Å². The number of carbonyl (C=O) groups excluding carboxylic acids is 2. The number of hydrogen-bond donors (Lipinski definition) is 0. The van der Waals surface area contributed by atoms with E-state index in [0.29, 0.717) is 5.76 Å². The van der Waals surface area contributed by atoms with Gasteiger partial charge < -0.3 is 14.1 Å². The molecule has 0 N–H and O–H groups in total. The van der Waals surface area contributed by atoms with Gasteiger partial charge in [-0.3, -0.25) is 9.59 Å². The average molecular weight is 404 g/mol. The maximum absolute atomic E-state index is 13.8. The lowest BCUT2D eigenvalue weighted by Gasteiger charge is -2.37. The third kappa shape index (κ3) is 2.62. The van der Waals surface area contributed by atoms with Crippen LogP contribution in [0.4, 0.5) is 5.69 Å². The van der Waals surface area contributed by atoms with Crippen molar-refractivity contribution in [1.29, 1.82) is 5.26 Å². The number of hydrogen-bond acceptors (Lipinski definition) is 6. The number of nitrogens with zero attached hydrogens (tertiary/aromatic N) is 2. The molecule has 1 fully saturated rings. The number of furan rings is 1. The monoisotopic (exact) mass is 404 g/mol. The van der Waals surface area contributed by atoms with Crippen molar-refractivity contribution >= 4 is 23.5 Å². The topological polar surface area (TPSA) is 83.5 Å². The Balaban J connectivity index is 2.05. The normalized spacial score (nSPS) is 27.2. The van der Waals surface area contributed by atoms with Crippen LogP contribution in [0.1, 0.15) is 38.0 Å². The number of benzene rings is 1. The van der Waals surface area contributed by atoms with E-state index >= 15 is 0 Å². The first-order chi connectivity index (χ1) is 14.3. The van der Waals surface area contributed by atoms with Gasteiger partial charge in [0.15, 0.2) is 11.2 Å². The van der Waals surface area contributed by atoms with Gasteiger partial charge in [-0.15, -0.1) is 0 Å². The van der Waals surface area contributed by atoms with Crippen molar-refractivity contribution < 1.29 is 18.7 Å². The van der Waals surface area contributed by atoms with Gasteiger partial charge in [0.25, 0.3) is 0 Å². The standard InChI is InChI=1S/C24H24N2O4/c1-23(2,3)21(27)20-19(17-10-7-13-30-17)24(14-25,22(28)29-4)18-12-11-15-8-5-6-9-16(15)26(18)20/h5-13,18-20H,1-4H3/t18?,19-,20+,24-/m1/s1. The molecule has 0 saturated carbocycles. The molecular weight excluding hydrogens is 380 g/mol. The van der Waals surface area contributed by atoms with E-state index in [9.17, 15) is 14.9 Å². The Labute approximate surface area is 175 Å². The van der Waals surface area contributed by atoms with Crippen LogP contribution in [0, 0.1) is 22.2 Å². The molecule has 6 heteroatoms. The van der Waals surface area contributed by atoms with Crippen LogP contribution in [0.15, 0.2) is 53.2 Å². The number of ketones is 1. The summed E-state index contributed by atoms with van der Waals surface area (Å²) in [7, 11) is 1.27. The van der Waals surface area contributed by atoms with E-state index < -0.39 is 34.8 Å². The van der Waals surface area contributed by atoms with Gasteiger partial charge in [0.05, 0.1) is 31.4 Å². The van der Waals surface area contributed by atoms with Crippen LogP contribution in [-0.4, -0.2) is 30.9 Å². The summed E-state index contributed by atoms with van der Waals surface area (Å²) in [5.74, 6) is -1.14. The van der Waals surface area contributed by atoms with Crippen molar-refractivity contribution in [3.05, 3.63) is 60.1 Å². The third-order valence-corrected chi connectivity index (χ3v) is 6.11. The Bertz CT molecular complexity index is 1060. The van der Waals surface area contributed by atoms with E-state index in [0.717, 1.165) is 11.3 Å². The molecule has 0 aliphatic carbocycles. The van der Waals surface area contributed by atoms with Crippen molar-refractivity contribution in [1.82, 2.24) is 0 Å². The first-order valence-corrected chi connectivity index (χ1v) is 9.90. The molecule has 0 spiro atoms. The molecule has 2 aliphatic rings. The highest BCUT2D eigenvalue weighted by Crippen LogP contribution is 2.56. The summed E-state index contributed by atoms with van der Waals surface area (Å²) < 4.78 is 10.8. The Morgan fingerprint density at radius 2 is 1.93 bits per heavy atom. The van der Waals surface area contributed by atoms with Crippen LogP contribution in [0.5, 0.6) is 0 Å². The zero-order chi connectivity index (χ0) is 21.7. The van der Waals surface area contributed by atoms with Crippen LogP contribution in [0.3, 0.4) is 0 Å². The zero-order valence-corrected chi connectivity index (χ0v) is 17.5. The van der Waals surface area contributed by atoms with Crippen molar-refractivity contribution in [2.45, 2.75) is 38.8 Å². The predicted octanol–water partition coefficient (Wildman–Crippen LogP) is 3.95. The third-order valence-electron chi connectivity index (χ3n) is 6.11. The smallest absolute Gasteiger partial charge is 0.329 e. The summed E-state index contributed by atoms with van der Waals surface area (Å²) in [6, 6.07) is 11.9. The summed E-state index contributed by atoms with van der Waals surface area (Å²) in [5, 5.41) is 10.4. The number of carbonyl (C=O) groups is 2. The molecule has 0 bridgehead atoms. The Morgan fingerprint density at radius 1 is 1.20 bits per heavy atom. The number of nitriles is 1. The first kappa shape index (κ1) is 20.0. The Hall–Kier alpha value is -3.33. The molecule has 4 atom stereocenters. The molecule has 4 rings (SSSR count).